The lowest BCUT2D eigenvalue weighted by Crippen LogP contribution is -3.09. The van der Waals surface area contributed by atoms with E-state index in [0.29, 0.717) is 17.9 Å². The topological polar surface area (TPSA) is 61.3 Å². The van der Waals surface area contributed by atoms with Crippen molar-refractivity contribution in [2.45, 2.75) is 32.4 Å². The standard InChI is InChI=1S/C13H22N4O2S2/c1-15-12(8-11-4-7-21(18,19)9-11)14-17(13(15)20)10-16-5-2-3-6-16/h11H,2-10H2,1H3/p+1/t11-/m0/s1. The highest BCUT2D eigenvalue weighted by molar-refractivity contribution is 7.91. The molecule has 3 heterocycles. The molecule has 1 atom stereocenters. The molecule has 2 saturated heterocycles. The Morgan fingerprint density at radius 3 is 2.71 bits per heavy atom. The first-order valence-corrected chi connectivity index (χ1v) is 9.84. The minimum absolute atomic E-state index is 0.193. The van der Waals surface area contributed by atoms with Crippen molar-refractivity contribution in [1.29, 1.82) is 0 Å². The summed E-state index contributed by atoms with van der Waals surface area (Å²) in [6.07, 6.45) is 4.02. The zero-order valence-electron chi connectivity index (χ0n) is 12.4. The van der Waals surface area contributed by atoms with Crippen LogP contribution in [0.25, 0.3) is 0 Å². The first-order chi connectivity index (χ1) is 9.94. The highest BCUT2D eigenvalue weighted by atomic mass is 32.2. The minimum atomic E-state index is -2.82. The molecule has 0 aliphatic carbocycles. The molecule has 1 N–H and O–H groups in total. The maximum Gasteiger partial charge on any atom is 0.202 e. The molecule has 6 nitrogen and oxygen atoms in total. The van der Waals surface area contributed by atoms with Crippen LogP contribution >= 0.6 is 12.2 Å². The third-order valence-corrected chi connectivity index (χ3v) is 6.93. The van der Waals surface area contributed by atoms with Gasteiger partial charge < -0.3 is 9.47 Å². The Bertz CT molecular complexity index is 671. The number of sulfone groups is 1. The molecule has 0 radical (unpaired) electrons. The van der Waals surface area contributed by atoms with Crippen molar-refractivity contribution in [3.05, 3.63) is 10.6 Å². The summed E-state index contributed by atoms with van der Waals surface area (Å²) >= 11 is 5.47. The molecular formula is C13H23N4O2S2+. The number of rotatable bonds is 4. The third-order valence-electron chi connectivity index (χ3n) is 4.61. The van der Waals surface area contributed by atoms with Crippen molar-refractivity contribution in [3.8, 4) is 0 Å². The molecule has 118 valence electrons. The van der Waals surface area contributed by atoms with Crippen LogP contribution in [0, 0.1) is 10.7 Å². The maximum absolute atomic E-state index is 11.6. The molecule has 1 aromatic rings. The molecule has 0 amide bonds. The van der Waals surface area contributed by atoms with Crippen molar-refractivity contribution >= 4 is 22.1 Å². The zero-order valence-corrected chi connectivity index (χ0v) is 14.0. The van der Waals surface area contributed by atoms with Crippen LogP contribution in [0.15, 0.2) is 0 Å². The summed E-state index contributed by atoms with van der Waals surface area (Å²) in [6.45, 7) is 3.21. The van der Waals surface area contributed by atoms with Crippen molar-refractivity contribution in [3.63, 3.8) is 0 Å². The van der Waals surface area contributed by atoms with Gasteiger partial charge in [0.05, 0.1) is 24.6 Å². The van der Waals surface area contributed by atoms with E-state index in [1.54, 1.807) is 0 Å². The van der Waals surface area contributed by atoms with Crippen LogP contribution in [0.4, 0.5) is 0 Å². The predicted molar refractivity (Wildman–Crippen MR) is 82.4 cm³/mol. The lowest BCUT2D eigenvalue weighted by atomic mass is 10.1. The average molecular weight is 331 g/mol. The van der Waals surface area contributed by atoms with Crippen molar-refractivity contribution in [2.75, 3.05) is 24.6 Å². The Balaban J connectivity index is 1.72. The molecule has 0 aromatic carbocycles. The third kappa shape index (κ3) is 3.37. The Morgan fingerprint density at radius 1 is 1.38 bits per heavy atom. The van der Waals surface area contributed by atoms with Crippen LogP contribution in [0.5, 0.6) is 0 Å². The van der Waals surface area contributed by atoms with Gasteiger partial charge >= 0.3 is 0 Å². The van der Waals surface area contributed by atoms with Crippen LogP contribution in [-0.2, 0) is 30.0 Å². The van der Waals surface area contributed by atoms with Crippen LogP contribution in [-0.4, -0.2) is 47.4 Å². The van der Waals surface area contributed by atoms with Crippen molar-refractivity contribution < 1.29 is 13.3 Å². The Labute approximate surface area is 130 Å². The van der Waals surface area contributed by atoms with Gasteiger partial charge in [0.25, 0.3) is 0 Å². The molecule has 2 fully saturated rings. The van der Waals surface area contributed by atoms with E-state index in [4.69, 9.17) is 12.2 Å². The highest BCUT2D eigenvalue weighted by Crippen LogP contribution is 2.21. The van der Waals surface area contributed by atoms with Gasteiger partial charge in [0.2, 0.25) is 4.77 Å². The molecule has 1 aromatic heterocycles. The normalized spacial score (nSPS) is 25.7. The van der Waals surface area contributed by atoms with Crippen LogP contribution in [0.3, 0.4) is 0 Å². The van der Waals surface area contributed by atoms with Crippen molar-refractivity contribution in [1.82, 2.24) is 14.3 Å². The van der Waals surface area contributed by atoms with E-state index < -0.39 is 9.84 Å². The summed E-state index contributed by atoms with van der Waals surface area (Å²) in [5.41, 5.74) is 0. The number of likely N-dealkylation sites (tertiary alicyclic amines) is 1. The largest absolute Gasteiger partial charge is 0.316 e. The summed E-state index contributed by atoms with van der Waals surface area (Å²) in [5.74, 6) is 1.73. The Hall–Kier alpha value is -0.730. The highest BCUT2D eigenvalue weighted by Gasteiger charge is 2.29. The number of hydrogen-bond acceptors (Lipinski definition) is 4. The molecule has 0 saturated carbocycles. The number of hydrogen-bond donors (Lipinski definition) is 1. The van der Waals surface area contributed by atoms with Crippen LogP contribution in [0.1, 0.15) is 25.1 Å². The summed E-state index contributed by atoms with van der Waals surface area (Å²) in [4.78, 5) is 1.53. The molecule has 21 heavy (non-hydrogen) atoms. The summed E-state index contributed by atoms with van der Waals surface area (Å²) in [6, 6.07) is 0. The maximum atomic E-state index is 11.6. The fourth-order valence-electron chi connectivity index (χ4n) is 3.35. The van der Waals surface area contributed by atoms with Gasteiger partial charge in [-0.1, -0.05) is 0 Å². The van der Waals surface area contributed by atoms with E-state index in [2.05, 4.69) is 5.10 Å². The van der Waals surface area contributed by atoms with E-state index in [1.807, 2.05) is 16.3 Å². The van der Waals surface area contributed by atoms with E-state index in [1.165, 1.54) is 30.8 Å². The lowest BCUT2D eigenvalue weighted by molar-refractivity contribution is -0.911. The smallest absolute Gasteiger partial charge is 0.202 e. The first-order valence-electron chi connectivity index (χ1n) is 7.61. The number of nitrogens with zero attached hydrogens (tertiary/aromatic N) is 3. The van der Waals surface area contributed by atoms with Gasteiger partial charge in [-0.25, -0.2) is 8.42 Å². The van der Waals surface area contributed by atoms with E-state index in [0.717, 1.165) is 23.7 Å². The lowest BCUT2D eigenvalue weighted by Gasteiger charge is -2.10. The Morgan fingerprint density at radius 2 is 2.10 bits per heavy atom. The minimum Gasteiger partial charge on any atom is -0.316 e. The fourth-order valence-corrected chi connectivity index (χ4v) is 5.42. The molecule has 2 aliphatic heterocycles. The van der Waals surface area contributed by atoms with Crippen molar-refractivity contribution in [2.24, 2.45) is 13.0 Å². The zero-order chi connectivity index (χ0) is 15.0. The summed E-state index contributed by atoms with van der Waals surface area (Å²) in [7, 11) is -0.890. The Kier molecular flexibility index (Phi) is 4.20. The van der Waals surface area contributed by atoms with Gasteiger partial charge in [-0.3, -0.25) is 0 Å². The predicted octanol–water partition coefficient (Wildman–Crippen LogP) is -0.436. The van der Waals surface area contributed by atoms with Gasteiger partial charge in [0.1, 0.15) is 5.82 Å². The molecular weight excluding hydrogens is 308 g/mol. The van der Waals surface area contributed by atoms with Gasteiger partial charge in [-0.2, -0.15) is 9.78 Å². The van der Waals surface area contributed by atoms with Crippen LogP contribution < -0.4 is 4.90 Å². The first kappa shape index (κ1) is 15.2. The van der Waals surface area contributed by atoms with Gasteiger partial charge in [0.15, 0.2) is 16.5 Å². The molecule has 8 heteroatoms. The van der Waals surface area contributed by atoms with Gasteiger partial charge in [-0.05, 0) is 24.6 Å². The number of nitrogens with one attached hydrogen (secondary N) is 1. The van der Waals surface area contributed by atoms with E-state index in [-0.39, 0.29) is 5.92 Å². The second-order valence-corrected chi connectivity index (χ2v) is 8.94. The fraction of sp³-hybridized carbons (Fsp3) is 0.846. The second kappa shape index (κ2) is 5.81. The molecule has 0 unspecified atom stereocenters. The molecule has 0 bridgehead atoms. The van der Waals surface area contributed by atoms with Crippen LogP contribution in [0.2, 0.25) is 0 Å². The molecule has 0 spiro atoms. The number of aromatic nitrogens is 3. The SMILES string of the molecule is Cn1c(C[C@@H]2CCS(=O)(=O)C2)nn(C[NH+]2CCCC2)c1=S. The second-order valence-electron chi connectivity index (χ2n) is 6.35. The average Bonchev–Trinajstić information content (AvgIpc) is 3.10. The van der Waals surface area contributed by atoms with E-state index in [9.17, 15) is 8.42 Å². The van der Waals surface area contributed by atoms with E-state index >= 15 is 0 Å². The van der Waals surface area contributed by atoms with Gasteiger partial charge in [-0.15, -0.1) is 0 Å². The molecule has 2 aliphatic rings. The quantitative estimate of drug-likeness (QED) is 0.760. The summed E-state index contributed by atoms with van der Waals surface area (Å²) in [5, 5.41) is 4.64. The monoisotopic (exact) mass is 331 g/mol. The molecule has 3 rings (SSSR count). The summed E-state index contributed by atoms with van der Waals surface area (Å²) < 4.78 is 27.7. The van der Waals surface area contributed by atoms with Gasteiger partial charge in [0, 0.05) is 26.3 Å². The number of quaternary nitrogens is 1.